The van der Waals surface area contributed by atoms with Crippen molar-refractivity contribution >= 4 is 21.8 Å². The second-order valence-corrected chi connectivity index (χ2v) is 10.6. The summed E-state index contributed by atoms with van der Waals surface area (Å²) in [6.07, 6.45) is 13.7. The molecule has 0 amide bonds. The van der Waals surface area contributed by atoms with E-state index in [0.717, 1.165) is 85.0 Å². The van der Waals surface area contributed by atoms with E-state index >= 15 is 0 Å². The second kappa shape index (κ2) is 15.3. The molecule has 0 N–H and O–H groups in total. The van der Waals surface area contributed by atoms with E-state index in [1.54, 1.807) is 0 Å². The summed E-state index contributed by atoms with van der Waals surface area (Å²) in [5, 5.41) is 2.11. The normalized spacial score (nSPS) is 17.2. The first-order chi connectivity index (χ1) is 19.8. The van der Waals surface area contributed by atoms with E-state index in [1.165, 1.54) is 38.5 Å². The number of nitrogens with zero attached hydrogens (tertiary/aromatic N) is 2. The summed E-state index contributed by atoms with van der Waals surface area (Å²) in [4.78, 5) is 9.65. The molecule has 6 bridgehead atoms. The first kappa shape index (κ1) is 28.0. The molecule has 6 nitrogen and oxygen atoms in total. The third kappa shape index (κ3) is 8.48. The Balaban J connectivity index is 1.18. The van der Waals surface area contributed by atoms with E-state index in [-0.39, 0.29) is 0 Å². The van der Waals surface area contributed by atoms with Crippen molar-refractivity contribution in [3.8, 4) is 23.3 Å². The van der Waals surface area contributed by atoms with E-state index < -0.39 is 0 Å². The Kier molecular flexibility index (Phi) is 10.7. The fourth-order valence-electron chi connectivity index (χ4n) is 5.10. The van der Waals surface area contributed by atoms with E-state index in [0.29, 0.717) is 25.0 Å². The van der Waals surface area contributed by atoms with Crippen LogP contribution in [0.2, 0.25) is 0 Å². The summed E-state index contributed by atoms with van der Waals surface area (Å²) < 4.78 is 24.0. The Morgan fingerprint density at radius 3 is 1.23 bits per heavy atom. The molecule has 3 heterocycles. The Labute approximate surface area is 238 Å². The van der Waals surface area contributed by atoms with Gasteiger partial charge in [0.2, 0.25) is 11.8 Å². The van der Waals surface area contributed by atoms with Gasteiger partial charge in [0.15, 0.2) is 0 Å². The van der Waals surface area contributed by atoms with Crippen molar-refractivity contribution in [2.24, 2.45) is 0 Å². The standard InChI is InChI=1S/C34H42N2O4/c1-3-7-11-24-39-31-20-18-27-16-17-28-19-21-32(36-34(28)33(27)35-31)40-25-12-8-4-2-6-10-23-38-30-15-13-14-29(26-30)37-22-9-5-1/h13-21,26H,1-12,22-25H2. The monoisotopic (exact) mass is 542 g/mol. The minimum Gasteiger partial charge on any atom is -0.493 e. The molecule has 0 radical (unpaired) electrons. The van der Waals surface area contributed by atoms with Crippen molar-refractivity contribution in [2.75, 3.05) is 26.4 Å². The van der Waals surface area contributed by atoms with Crippen LogP contribution in [0.15, 0.2) is 60.7 Å². The highest BCUT2D eigenvalue weighted by Crippen LogP contribution is 2.27. The first-order valence-corrected chi connectivity index (χ1v) is 15.2. The zero-order chi connectivity index (χ0) is 27.2. The van der Waals surface area contributed by atoms with Crippen molar-refractivity contribution in [1.29, 1.82) is 0 Å². The number of hydrogen-bond donors (Lipinski definition) is 0. The molecule has 0 saturated heterocycles. The van der Waals surface area contributed by atoms with Crippen LogP contribution in [-0.2, 0) is 0 Å². The van der Waals surface area contributed by atoms with Crippen molar-refractivity contribution in [3.63, 3.8) is 0 Å². The Hall–Kier alpha value is -3.54. The predicted octanol–water partition coefficient (Wildman–Crippen LogP) is 8.69. The summed E-state index contributed by atoms with van der Waals surface area (Å²) in [7, 11) is 0. The lowest BCUT2D eigenvalue weighted by molar-refractivity contribution is 0.285. The molecule has 212 valence electrons. The lowest BCUT2D eigenvalue weighted by atomic mass is 10.1. The summed E-state index contributed by atoms with van der Waals surface area (Å²) in [5.74, 6) is 3.10. The zero-order valence-electron chi connectivity index (χ0n) is 23.6. The molecule has 2 aromatic heterocycles. The van der Waals surface area contributed by atoms with Crippen LogP contribution in [0.1, 0.15) is 77.0 Å². The summed E-state index contributed by atoms with van der Waals surface area (Å²) >= 11 is 0. The van der Waals surface area contributed by atoms with Crippen molar-refractivity contribution in [2.45, 2.75) is 77.0 Å². The first-order valence-electron chi connectivity index (χ1n) is 15.2. The fraction of sp³-hybridized carbons (Fsp3) is 0.471. The highest BCUT2D eigenvalue weighted by atomic mass is 16.5. The molecule has 40 heavy (non-hydrogen) atoms. The van der Waals surface area contributed by atoms with Gasteiger partial charge in [-0.1, -0.05) is 69.6 Å². The van der Waals surface area contributed by atoms with Crippen molar-refractivity contribution in [1.82, 2.24) is 9.97 Å². The van der Waals surface area contributed by atoms with Gasteiger partial charge in [0.05, 0.1) is 26.4 Å². The highest BCUT2D eigenvalue weighted by molar-refractivity contribution is 6.03. The molecule has 6 heteroatoms. The number of pyridine rings is 2. The van der Waals surface area contributed by atoms with Gasteiger partial charge in [-0.2, -0.15) is 0 Å². The van der Waals surface area contributed by atoms with Gasteiger partial charge in [0.1, 0.15) is 22.5 Å². The van der Waals surface area contributed by atoms with Crippen LogP contribution >= 0.6 is 0 Å². The molecule has 1 aliphatic rings. The average molecular weight is 543 g/mol. The maximum atomic E-state index is 6.02. The smallest absolute Gasteiger partial charge is 0.213 e. The van der Waals surface area contributed by atoms with Crippen LogP contribution in [0.4, 0.5) is 0 Å². The van der Waals surface area contributed by atoms with Gasteiger partial charge >= 0.3 is 0 Å². The minimum atomic E-state index is 0.656. The van der Waals surface area contributed by atoms with Crippen LogP contribution in [-0.4, -0.2) is 36.4 Å². The Morgan fingerprint density at radius 2 is 0.775 bits per heavy atom. The van der Waals surface area contributed by atoms with Crippen LogP contribution in [0.25, 0.3) is 21.8 Å². The lowest BCUT2D eigenvalue weighted by Gasteiger charge is -2.10. The van der Waals surface area contributed by atoms with Crippen LogP contribution < -0.4 is 18.9 Å². The topological polar surface area (TPSA) is 62.7 Å². The van der Waals surface area contributed by atoms with E-state index in [4.69, 9.17) is 28.9 Å². The quantitative estimate of drug-likeness (QED) is 0.207. The van der Waals surface area contributed by atoms with Crippen LogP contribution in [0.5, 0.6) is 23.3 Å². The largest absolute Gasteiger partial charge is 0.493 e. The molecule has 0 fully saturated rings. The summed E-state index contributed by atoms with van der Waals surface area (Å²) in [5.41, 5.74) is 1.73. The molecule has 0 atom stereocenters. The maximum Gasteiger partial charge on any atom is 0.213 e. The molecule has 4 aromatic rings. The maximum absolute atomic E-state index is 6.02. The van der Waals surface area contributed by atoms with Crippen LogP contribution in [0.3, 0.4) is 0 Å². The van der Waals surface area contributed by atoms with E-state index in [2.05, 4.69) is 24.3 Å². The van der Waals surface area contributed by atoms with Gasteiger partial charge in [-0.15, -0.1) is 0 Å². The predicted molar refractivity (Wildman–Crippen MR) is 161 cm³/mol. The Morgan fingerprint density at radius 1 is 0.400 bits per heavy atom. The van der Waals surface area contributed by atoms with E-state index in [1.807, 2.05) is 36.4 Å². The number of fused-ring (bicyclic) bond motifs is 4. The number of rotatable bonds is 0. The fourth-order valence-corrected chi connectivity index (χ4v) is 5.10. The third-order valence-corrected chi connectivity index (χ3v) is 7.39. The van der Waals surface area contributed by atoms with Gasteiger partial charge in [-0.05, 0) is 49.9 Å². The second-order valence-electron chi connectivity index (χ2n) is 10.6. The summed E-state index contributed by atoms with van der Waals surface area (Å²) in [6.45, 7) is 2.84. The zero-order valence-corrected chi connectivity index (χ0v) is 23.6. The lowest BCUT2D eigenvalue weighted by Crippen LogP contribution is -2.01. The van der Waals surface area contributed by atoms with Gasteiger partial charge in [-0.25, -0.2) is 9.97 Å². The molecule has 0 aliphatic carbocycles. The molecule has 0 unspecified atom stereocenters. The van der Waals surface area contributed by atoms with Gasteiger partial charge in [0, 0.05) is 29.0 Å². The number of benzene rings is 2. The van der Waals surface area contributed by atoms with E-state index in [9.17, 15) is 0 Å². The molecule has 1 aliphatic heterocycles. The number of aromatic nitrogens is 2. The molecule has 0 spiro atoms. The van der Waals surface area contributed by atoms with Gasteiger partial charge in [-0.3, -0.25) is 0 Å². The minimum absolute atomic E-state index is 0.656. The Bertz CT molecular complexity index is 1240. The highest BCUT2D eigenvalue weighted by Gasteiger charge is 2.08. The number of ether oxygens (including phenoxy) is 4. The van der Waals surface area contributed by atoms with Gasteiger partial charge < -0.3 is 18.9 Å². The summed E-state index contributed by atoms with van der Waals surface area (Å²) in [6, 6.07) is 20.3. The van der Waals surface area contributed by atoms with Crippen molar-refractivity contribution in [3.05, 3.63) is 60.7 Å². The third-order valence-electron chi connectivity index (χ3n) is 7.39. The molecular weight excluding hydrogens is 500 g/mol. The average Bonchev–Trinajstić information content (AvgIpc) is 2.98. The number of hydrogen-bond acceptors (Lipinski definition) is 6. The van der Waals surface area contributed by atoms with Crippen molar-refractivity contribution < 1.29 is 18.9 Å². The SMILES string of the molecule is c1cc2cc(c1)OCCCCCCCCOc1ccc3ccc4ccc(nc4c3n1)OCCCCCCCCO2. The van der Waals surface area contributed by atoms with Gasteiger partial charge in [0.25, 0.3) is 0 Å². The molecular formula is C34H42N2O4. The molecule has 2 aromatic carbocycles. The molecule has 0 saturated carbocycles. The van der Waals surface area contributed by atoms with Crippen LogP contribution in [0, 0.1) is 0 Å². The molecule has 5 rings (SSSR count).